The van der Waals surface area contributed by atoms with Crippen molar-refractivity contribution in [3.8, 4) is 11.8 Å². The molecule has 0 amide bonds. The summed E-state index contributed by atoms with van der Waals surface area (Å²) in [7, 11) is 0. The van der Waals surface area contributed by atoms with Gasteiger partial charge in [-0.1, -0.05) is 65.1 Å². The molecule has 0 radical (unpaired) electrons. The number of halogens is 3. The Morgan fingerprint density at radius 3 is 2.43 bits per heavy atom. The highest BCUT2D eigenvalue weighted by Crippen LogP contribution is 2.24. The molecule has 6 heteroatoms. The Labute approximate surface area is 189 Å². The number of allylic oxidation sites excluding steroid dienone is 1. The van der Waals surface area contributed by atoms with Gasteiger partial charge in [-0.15, -0.1) is 0 Å². The van der Waals surface area contributed by atoms with Gasteiger partial charge < -0.3 is 4.74 Å². The normalized spacial score (nSPS) is 11.3. The van der Waals surface area contributed by atoms with Crippen LogP contribution in [0.1, 0.15) is 16.7 Å². The predicted molar refractivity (Wildman–Crippen MR) is 123 cm³/mol. The molecule has 3 nitrogen and oxygen atoms in total. The first-order chi connectivity index (χ1) is 14.4. The predicted octanol–water partition coefficient (Wildman–Crippen LogP) is 7.33. The number of nitrogens with zero attached hydrogens (tertiary/aromatic N) is 1. The number of carbonyl (C=O) groups excluding carboxylic acids is 1. The molecular formula is C24H14Cl3NO2. The number of rotatable bonds is 5. The lowest BCUT2D eigenvalue weighted by Crippen LogP contribution is -2.03. The molecule has 30 heavy (non-hydrogen) atoms. The van der Waals surface area contributed by atoms with Crippen LogP contribution in [0.15, 0.2) is 72.8 Å². The van der Waals surface area contributed by atoms with E-state index in [1.165, 1.54) is 6.08 Å². The van der Waals surface area contributed by atoms with Crippen molar-refractivity contribution in [3.05, 3.63) is 105 Å². The summed E-state index contributed by atoms with van der Waals surface area (Å²) >= 11 is 18.0. The van der Waals surface area contributed by atoms with Crippen molar-refractivity contribution in [2.45, 2.75) is 0 Å². The fourth-order valence-corrected chi connectivity index (χ4v) is 3.28. The third kappa shape index (κ3) is 5.98. The first-order valence-electron chi connectivity index (χ1n) is 8.77. The molecule has 0 saturated carbocycles. The molecule has 0 aliphatic heterocycles. The van der Waals surface area contributed by atoms with Crippen LogP contribution in [0.3, 0.4) is 0 Å². The number of hydrogen-bond acceptors (Lipinski definition) is 3. The van der Waals surface area contributed by atoms with Crippen molar-refractivity contribution >= 4 is 58.5 Å². The van der Waals surface area contributed by atoms with Gasteiger partial charge in [0.1, 0.15) is 5.75 Å². The molecule has 0 fully saturated rings. The summed E-state index contributed by atoms with van der Waals surface area (Å²) in [5, 5.41) is 11.0. The second-order valence-electron chi connectivity index (χ2n) is 6.17. The van der Waals surface area contributed by atoms with Gasteiger partial charge in [0.15, 0.2) is 0 Å². The van der Waals surface area contributed by atoms with E-state index in [-0.39, 0.29) is 0 Å². The Hall–Kier alpha value is -3.03. The van der Waals surface area contributed by atoms with Gasteiger partial charge in [0.05, 0.1) is 11.6 Å². The average molecular weight is 455 g/mol. The molecular weight excluding hydrogens is 441 g/mol. The van der Waals surface area contributed by atoms with E-state index in [0.717, 1.165) is 0 Å². The SMILES string of the molecule is N#C/C(=C/c1cccc(OC(=O)/C=C/c2ccc(Cl)cc2Cl)c1)c1cccc(Cl)c1. The topological polar surface area (TPSA) is 50.1 Å². The van der Waals surface area contributed by atoms with Gasteiger partial charge in [-0.3, -0.25) is 0 Å². The van der Waals surface area contributed by atoms with Gasteiger partial charge in [0.2, 0.25) is 0 Å². The van der Waals surface area contributed by atoms with Gasteiger partial charge in [-0.2, -0.15) is 5.26 Å². The molecule has 0 atom stereocenters. The van der Waals surface area contributed by atoms with E-state index in [0.29, 0.717) is 43.1 Å². The molecule has 0 saturated heterocycles. The van der Waals surface area contributed by atoms with E-state index in [1.807, 2.05) is 6.07 Å². The summed E-state index contributed by atoms with van der Waals surface area (Å²) in [5.74, 6) is -0.207. The fourth-order valence-electron chi connectivity index (χ4n) is 2.62. The van der Waals surface area contributed by atoms with E-state index in [2.05, 4.69) is 6.07 Å². The van der Waals surface area contributed by atoms with Gasteiger partial charge >= 0.3 is 5.97 Å². The molecule has 0 aliphatic rings. The number of hydrogen-bond donors (Lipinski definition) is 0. The summed E-state index contributed by atoms with van der Waals surface area (Å²) in [6.45, 7) is 0. The fraction of sp³-hybridized carbons (Fsp3) is 0. The second kappa shape index (κ2) is 10.1. The zero-order chi connectivity index (χ0) is 21.5. The lowest BCUT2D eigenvalue weighted by Gasteiger charge is -2.04. The largest absolute Gasteiger partial charge is 0.423 e. The van der Waals surface area contributed by atoms with Gasteiger partial charge in [-0.05, 0) is 65.2 Å². The number of carbonyl (C=O) groups is 1. The Bertz CT molecular complexity index is 1190. The highest BCUT2D eigenvalue weighted by Gasteiger charge is 2.05. The minimum atomic E-state index is -0.558. The zero-order valence-electron chi connectivity index (χ0n) is 15.5. The lowest BCUT2D eigenvalue weighted by molar-refractivity contribution is -0.128. The third-order valence-electron chi connectivity index (χ3n) is 4.01. The zero-order valence-corrected chi connectivity index (χ0v) is 17.7. The Morgan fingerprint density at radius 1 is 0.933 bits per heavy atom. The lowest BCUT2D eigenvalue weighted by atomic mass is 10.0. The van der Waals surface area contributed by atoms with Crippen LogP contribution >= 0.6 is 34.8 Å². The molecule has 0 spiro atoms. The van der Waals surface area contributed by atoms with Crippen LogP contribution in [0.25, 0.3) is 17.7 Å². The van der Waals surface area contributed by atoms with Crippen molar-refractivity contribution in [2.75, 3.05) is 0 Å². The molecule has 148 valence electrons. The molecule has 3 rings (SSSR count). The van der Waals surface area contributed by atoms with Crippen LogP contribution < -0.4 is 4.74 Å². The van der Waals surface area contributed by atoms with E-state index in [9.17, 15) is 10.1 Å². The quantitative estimate of drug-likeness (QED) is 0.133. The number of nitriles is 1. The molecule has 0 aromatic heterocycles. The van der Waals surface area contributed by atoms with Crippen LogP contribution in [0.5, 0.6) is 5.75 Å². The maximum Gasteiger partial charge on any atom is 0.336 e. The van der Waals surface area contributed by atoms with E-state index in [1.54, 1.807) is 72.8 Å². The van der Waals surface area contributed by atoms with Crippen molar-refractivity contribution in [1.82, 2.24) is 0 Å². The second-order valence-corrected chi connectivity index (χ2v) is 7.45. The number of ether oxygens (including phenoxy) is 1. The first-order valence-corrected chi connectivity index (χ1v) is 9.91. The highest BCUT2D eigenvalue weighted by atomic mass is 35.5. The van der Waals surface area contributed by atoms with Crippen LogP contribution in [-0.4, -0.2) is 5.97 Å². The van der Waals surface area contributed by atoms with Crippen molar-refractivity contribution < 1.29 is 9.53 Å². The minimum absolute atomic E-state index is 0.351. The van der Waals surface area contributed by atoms with Gasteiger partial charge in [-0.25, -0.2) is 4.79 Å². The van der Waals surface area contributed by atoms with Crippen LogP contribution in [0.4, 0.5) is 0 Å². The van der Waals surface area contributed by atoms with Crippen LogP contribution in [0, 0.1) is 11.3 Å². The van der Waals surface area contributed by atoms with Gasteiger partial charge in [0, 0.05) is 21.1 Å². The van der Waals surface area contributed by atoms with Crippen molar-refractivity contribution in [2.24, 2.45) is 0 Å². The van der Waals surface area contributed by atoms with Crippen LogP contribution in [-0.2, 0) is 4.79 Å². The van der Waals surface area contributed by atoms with E-state index >= 15 is 0 Å². The third-order valence-corrected chi connectivity index (χ3v) is 4.80. The maximum absolute atomic E-state index is 12.2. The number of benzene rings is 3. The molecule has 0 aliphatic carbocycles. The number of esters is 1. The monoisotopic (exact) mass is 453 g/mol. The first kappa shape index (κ1) is 21.7. The minimum Gasteiger partial charge on any atom is -0.423 e. The van der Waals surface area contributed by atoms with Gasteiger partial charge in [0.25, 0.3) is 0 Å². The summed E-state index contributed by atoms with van der Waals surface area (Å²) in [6, 6.07) is 21.1. The molecule has 0 heterocycles. The summed E-state index contributed by atoms with van der Waals surface area (Å²) in [5.41, 5.74) is 2.50. The Morgan fingerprint density at radius 2 is 1.70 bits per heavy atom. The maximum atomic E-state index is 12.2. The van der Waals surface area contributed by atoms with E-state index < -0.39 is 5.97 Å². The Kier molecular flexibility index (Phi) is 7.32. The molecule has 0 unspecified atom stereocenters. The average Bonchev–Trinajstić information content (AvgIpc) is 2.71. The van der Waals surface area contributed by atoms with Crippen molar-refractivity contribution in [1.29, 1.82) is 5.26 Å². The molecule has 0 bridgehead atoms. The molecule has 3 aromatic rings. The summed E-state index contributed by atoms with van der Waals surface area (Å²) in [4.78, 5) is 12.2. The summed E-state index contributed by atoms with van der Waals surface area (Å²) < 4.78 is 5.35. The Balaban J connectivity index is 1.75. The van der Waals surface area contributed by atoms with Crippen molar-refractivity contribution in [3.63, 3.8) is 0 Å². The van der Waals surface area contributed by atoms with E-state index in [4.69, 9.17) is 39.5 Å². The molecule has 0 N–H and O–H groups in total. The summed E-state index contributed by atoms with van der Waals surface area (Å²) in [6.07, 6.45) is 4.54. The smallest absolute Gasteiger partial charge is 0.336 e. The standard InChI is InChI=1S/C24H14Cl3NO2/c25-20-5-2-4-18(13-20)19(15-28)11-16-3-1-6-22(12-16)30-24(29)10-8-17-7-9-21(26)14-23(17)27/h1-14H/b10-8+,19-11-. The highest BCUT2D eigenvalue weighted by molar-refractivity contribution is 6.35. The molecule has 3 aromatic carbocycles. The van der Waals surface area contributed by atoms with Crippen LogP contribution in [0.2, 0.25) is 15.1 Å².